The lowest BCUT2D eigenvalue weighted by atomic mass is 9.99. The van der Waals surface area contributed by atoms with E-state index in [2.05, 4.69) is 18.1 Å². The van der Waals surface area contributed by atoms with Crippen molar-refractivity contribution in [2.45, 2.75) is 24.1 Å². The third-order valence-electron chi connectivity index (χ3n) is 3.87. The zero-order valence-corrected chi connectivity index (χ0v) is 19.4. The van der Waals surface area contributed by atoms with Crippen LogP contribution in [0.1, 0.15) is 6.23 Å². The molecule has 0 bridgehead atoms. The van der Waals surface area contributed by atoms with E-state index in [0.717, 1.165) is 24.0 Å². The van der Waals surface area contributed by atoms with Gasteiger partial charge in [0.1, 0.15) is 17.5 Å². The summed E-state index contributed by atoms with van der Waals surface area (Å²) in [6.45, 7) is -1.12. The molecule has 1 aliphatic rings. The van der Waals surface area contributed by atoms with E-state index in [1.54, 1.807) is 0 Å². The van der Waals surface area contributed by atoms with E-state index in [9.17, 15) is 37.8 Å². The van der Waals surface area contributed by atoms with E-state index in [4.69, 9.17) is 20.3 Å². The number of nitrogens with zero attached hydrogens (tertiary/aromatic N) is 2. The van der Waals surface area contributed by atoms with Crippen molar-refractivity contribution in [3.05, 3.63) is 22.7 Å². The Balaban J connectivity index is 2.24. The van der Waals surface area contributed by atoms with Gasteiger partial charge in [-0.3, -0.25) is 9.09 Å². The fourth-order valence-corrected chi connectivity index (χ4v) is 6.56. The molecule has 16 nitrogen and oxygen atoms in total. The normalized spacial score (nSPS) is 30.0. The Bertz CT molecular complexity index is 1040. The van der Waals surface area contributed by atoms with Gasteiger partial charge in [0.15, 0.2) is 12.4 Å². The van der Waals surface area contributed by atoms with Crippen LogP contribution in [0, 0.1) is 0 Å². The Labute approximate surface area is 182 Å². The maximum atomic E-state index is 14.8. The molecule has 0 aromatic carbocycles. The maximum absolute atomic E-state index is 14.8. The molecule has 32 heavy (non-hydrogen) atoms. The highest BCUT2D eigenvalue weighted by atomic mass is 32.2. The van der Waals surface area contributed by atoms with Crippen LogP contribution in [0.5, 0.6) is 0 Å². The topological polar surface area (TPSA) is 250 Å². The molecule has 6 unspecified atom stereocenters. The van der Waals surface area contributed by atoms with Gasteiger partial charge in [0.25, 0.3) is 0 Å². The summed E-state index contributed by atoms with van der Waals surface area (Å²) in [4.78, 5) is 51.3. The number of phosphoric ester groups is 1. The molecule has 1 aliphatic heterocycles. The number of nitrogens with two attached hydrogens (primary N) is 1. The molecule has 0 radical (unpaired) electrons. The molecule has 2 rings (SSSR count). The van der Waals surface area contributed by atoms with E-state index in [1.807, 2.05) is 0 Å². The summed E-state index contributed by atoms with van der Waals surface area (Å²) < 4.78 is 66.7. The molecule has 1 fully saturated rings. The van der Waals surface area contributed by atoms with Gasteiger partial charge in [-0.2, -0.15) is 25.4 Å². The Morgan fingerprint density at radius 3 is 2.44 bits per heavy atom. The number of thioether (sulfide) groups is 1. The number of nitrogen functional groups attached to an aromatic ring is 1. The van der Waals surface area contributed by atoms with Gasteiger partial charge in [-0.05, 0) is 12.3 Å². The highest BCUT2D eigenvalue weighted by molar-refractivity contribution is 7.98. The van der Waals surface area contributed by atoms with Crippen LogP contribution in [-0.4, -0.2) is 70.7 Å². The quantitative estimate of drug-likeness (QED) is 0.203. The van der Waals surface area contributed by atoms with Crippen molar-refractivity contribution in [3.63, 3.8) is 0 Å². The van der Waals surface area contributed by atoms with Gasteiger partial charge in [-0.1, -0.05) is 0 Å². The molecule has 1 saturated heterocycles. The number of aliphatic hydroxyl groups excluding tert-OH is 1. The fraction of sp³-hybridized carbons (Fsp3) is 0.636. The Kier molecular flexibility index (Phi) is 8.50. The third-order valence-corrected chi connectivity index (χ3v) is 8.43. The van der Waals surface area contributed by atoms with Crippen molar-refractivity contribution >= 4 is 41.0 Å². The first kappa shape index (κ1) is 27.5. The predicted molar refractivity (Wildman–Crippen MR) is 105 cm³/mol. The fourth-order valence-electron chi connectivity index (χ4n) is 2.67. The zero-order chi connectivity index (χ0) is 24.5. The summed E-state index contributed by atoms with van der Waals surface area (Å²) in [5.41, 5.74) is 2.28. The SMILES string of the molecule is CSCC1(COP(=O)(O)OP(=O)(O)OP(=O)(O)O)OC(n2ccc(N)nc2=O)C(F)C1O. The lowest BCUT2D eigenvalue weighted by Gasteiger charge is -2.31. The summed E-state index contributed by atoms with van der Waals surface area (Å²) in [7, 11) is -17.0. The summed E-state index contributed by atoms with van der Waals surface area (Å²) in [6, 6.07) is 1.16. The summed E-state index contributed by atoms with van der Waals surface area (Å²) >= 11 is 0.980. The van der Waals surface area contributed by atoms with Gasteiger partial charge in [0.05, 0.1) is 6.61 Å². The van der Waals surface area contributed by atoms with Crippen molar-refractivity contribution in [2.75, 3.05) is 24.3 Å². The molecule has 0 aliphatic carbocycles. The summed E-state index contributed by atoms with van der Waals surface area (Å²) in [6.07, 6.45) is -3.49. The smallest absolute Gasteiger partial charge is 0.387 e. The van der Waals surface area contributed by atoms with Crippen LogP contribution in [0.15, 0.2) is 17.1 Å². The lowest BCUT2D eigenvalue weighted by molar-refractivity contribution is -0.112. The van der Waals surface area contributed by atoms with Gasteiger partial charge in [-0.25, -0.2) is 22.9 Å². The van der Waals surface area contributed by atoms with Crippen LogP contribution in [0.4, 0.5) is 10.2 Å². The third kappa shape index (κ3) is 6.90. The van der Waals surface area contributed by atoms with Crippen LogP contribution in [0.2, 0.25) is 0 Å². The van der Waals surface area contributed by atoms with Gasteiger partial charge in [0, 0.05) is 11.9 Å². The lowest BCUT2D eigenvalue weighted by Crippen LogP contribution is -2.48. The Morgan fingerprint density at radius 1 is 1.28 bits per heavy atom. The second kappa shape index (κ2) is 9.88. The second-order valence-corrected chi connectivity index (χ2v) is 11.6. The van der Waals surface area contributed by atoms with Crippen LogP contribution in [-0.2, 0) is 31.6 Å². The molecule has 21 heteroatoms. The molecule has 0 saturated carbocycles. The van der Waals surface area contributed by atoms with Crippen molar-refractivity contribution in [1.82, 2.24) is 9.55 Å². The predicted octanol–water partition coefficient (Wildman–Crippen LogP) is -0.502. The average molecular weight is 545 g/mol. The largest absolute Gasteiger partial charge is 0.490 e. The number of phosphoric acid groups is 3. The van der Waals surface area contributed by atoms with Crippen molar-refractivity contribution in [1.29, 1.82) is 0 Å². The molecule has 0 amide bonds. The minimum absolute atomic E-state index is 0.164. The van der Waals surface area contributed by atoms with Gasteiger partial charge in [-0.15, -0.1) is 0 Å². The first-order valence-electron chi connectivity index (χ1n) is 8.13. The van der Waals surface area contributed by atoms with E-state index < -0.39 is 59.9 Å². The van der Waals surface area contributed by atoms with Crippen molar-refractivity contribution < 1.29 is 60.6 Å². The standard InChI is InChI=1S/C11H19FN3O13P3S/c1-32-5-11(4-25-30(21,22)28-31(23,24)27-29(18,19)20)8(16)7(12)9(26-11)15-3-2-6(13)14-10(15)17/h2-3,7-9,16H,4-5H2,1H3,(H,21,22)(H,23,24)(H2,13,14,17)(H2,18,19,20). The maximum Gasteiger partial charge on any atom is 0.490 e. The highest BCUT2D eigenvalue weighted by Crippen LogP contribution is 2.66. The number of anilines is 1. The number of aromatic nitrogens is 2. The van der Waals surface area contributed by atoms with Gasteiger partial charge < -0.3 is 35.2 Å². The molecule has 1 aromatic heterocycles. The van der Waals surface area contributed by atoms with E-state index in [1.165, 1.54) is 6.26 Å². The number of halogens is 1. The van der Waals surface area contributed by atoms with E-state index in [0.29, 0.717) is 4.57 Å². The molecule has 7 N–H and O–H groups in total. The Hall–Kier alpha value is -0.710. The van der Waals surface area contributed by atoms with Crippen LogP contribution >= 0.6 is 35.2 Å². The number of alkyl halides is 1. The minimum Gasteiger partial charge on any atom is -0.387 e. The van der Waals surface area contributed by atoms with Gasteiger partial charge >= 0.3 is 29.2 Å². The molecule has 2 heterocycles. The first-order valence-corrected chi connectivity index (χ1v) is 14.0. The zero-order valence-electron chi connectivity index (χ0n) is 15.9. The highest BCUT2D eigenvalue weighted by Gasteiger charge is 2.57. The van der Waals surface area contributed by atoms with Crippen LogP contribution in [0.25, 0.3) is 0 Å². The number of rotatable bonds is 10. The second-order valence-electron chi connectivity index (χ2n) is 6.30. The summed E-state index contributed by atoms with van der Waals surface area (Å²) in [5, 5.41) is 10.4. The van der Waals surface area contributed by atoms with Crippen molar-refractivity contribution in [2.24, 2.45) is 0 Å². The summed E-state index contributed by atoms with van der Waals surface area (Å²) in [5.74, 6) is -0.430. The Morgan fingerprint density at radius 2 is 1.91 bits per heavy atom. The van der Waals surface area contributed by atoms with Gasteiger partial charge in [0.2, 0.25) is 0 Å². The molecule has 1 aromatic rings. The number of hydrogen-bond acceptors (Lipinski definition) is 12. The monoisotopic (exact) mass is 545 g/mol. The minimum atomic E-state index is -5.78. The van der Waals surface area contributed by atoms with Crippen LogP contribution in [0.3, 0.4) is 0 Å². The van der Waals surface area contributed by atoms with E-state index in [-0.39, 0.29) is 11.6 Å². The molecular formula is C11H19FN3O13P3S. The number of aliphatic hydroxyl groups is 1. The number of hydrogen-bond donors (Lipinski definition) is 6. The first-order chi connectivity index (χ1) is 14.5. The van der Waals surface area contributed by atoms with Crippen LogP contribution < -0.4 is 11.4 Å². The molecule has 184 valence electrons. The molecule has 6 atom stereocenters. The van der Waals surface area contributed by atoms with E-state index >= 15 is 0 Å². The average Bonchev–Trinajstić information content (AvgIpc) is 2.83. The molecular weight excluding hydrogens is 526 g/mol. The number of ether oxygens (including phenoxy) is 1. The molecule has 0 spiro atoms. The van der Waals surface area contributed by atoms with Crippen molar-refractivity contribution in [3.8, 4) is 0 Å².